The Bertz CT molecular complexity index is 1190. The van der Waals surface area contributed by atoms with E-state index in [2.05, 4.69) is 59.5 Å². The summed E-state index contributed by atoms with van der Waals surface area (Å²) in [6.45, 7) is 9.47. The van der Waals surface area contributed by atoms with Crippen LogP contribution in [-0.4, -0.2) is 70.6 Å². The summed E-state index contributed by atoms with van der Waals surface area (Å²) in [5, 5.41) is 25.6. The lowest BCUT2D eigenvalue weighted by Gasteiger charge is -2.17. The van der Waals surface area contributed by atoms with E-state index in [1.54, 1.807) is 0 Å². The summed E-state index contributed by atoms with van der Waals surface area (Å²) in [7, 11) is 2.12. The van der Waals surface area contributed by atoms with Gasteiger partial charge in [0.15, 0.2) is 0 Å². The van der Waals surface area contributed by atoms with Crippen LogP contribution in [0.15, 0.2) is 34.9 Å². The van der Waals surface area contributed by atoms with Gasteiger partial charge in [-0.3, -0.25) is 4.79 Å². The zero-order chi connectivity index (χ0) is 26.9. The molecule has 0 aliphatic rings. The van der Waals surface area contributed by atoms with Gasteiger partial charge in [0.1, 0.15) is 25.1 Å². The van der Waals surface area contributed by atoms with Gasteiger partial charge in [-0.15, -0.1) is 0 Å². The van der Waals surface area contributed by atoms with Gasteiger partial charge in [-0.1, -0.05) is 30.6 Å². The number of benzene rings is 2. The molecule has 3 N–H and O–H groups in total. The van der Waals surface area contributed by atoms with E-state index in [1.165, 1.54) is 5.56 Å². The maximum Gasteiger partial charge on any atom is 0.258 e. The van der Waals surface area contributed by atoms with Crippen molar-refractivity contribution in [2.75, 3.05) is 33.4 Å². The van der Waals surface area contributed by atoms with Crippen LogP contribution in [0.25, 0.3) is 22.8 Å². The number of aliphatic hydroxyl groups is 2. The number of aliphatic hydroxyl groups excluding tert-OH is 2. The third kappa shape index (κ3) is 7.85. The largest absolute Gasteiger partial charge is 0.490 e. The molecule has 1 heterocycles. The normalized spacial score (nSPS) is 12.1. The average molecular weight is 511 g/mol. The van der Waals surface area contributed by atoms with Crippen LogP contribution in [0.4, 0.5) is 0 Å². The number of aromatic nitrogens is 2. The Balaban J connectivity index is 1.78. The molecule has 2 aromatic carbocycles. The number of ether oxygens (including phenoxy) is 1. The molecule has 1 atom stereocenters. The molecule has 200 valence electrons. The highest BCUT2D eigenvalue weighted by Gasteiger charge is 2.17. The number of nitrogens with zero attached hydrogens (tertiary/aromatic N) is 3. The minimum Gasteiger partial charge on any atom is -0.490 e. The van der Waals surface area contributed by atoms with E-state index in [0.29, 0.717) is 23.9 Å². The van der Waals surface area contributed by atoms with Gasteiger partial charge in [-0.2, -0.15) is 4.98 Å². The lowest BCUT2D eigenvalue weighted by atomic mass is 10.0. The van der Waals surface area contributed by atoms with Gasteiger partial charge in [0, 0.05) is 24.2 Å². The minimum absolute atomic E-state index is 0.000809. The van der Waals surface area contributed by atoms with Gasteiger partial charge in [0.25, 0.3) is 5.89 Å². The molecule has 0 saturated heterocycles. The van der Waals surface area contributed by atoms with Gasteiger partial charge in [0.2, 0.25) is 11.7 Å². The van der Waals surface area contributed by atoms with Gasteiger partial charge in [-0.05, 0) is 81.2 Å². The molecule has 0 fully saturated rings. The number of hydrogen-bond acceptors (Lipinski definition) is 8. The quantitative estimate of drug-likeness (QED) is 0.320. The predicted octanol–water partition coefficient (Wildman–Crippen LogP) is 3.27. The summed E-state index contributed by atoms with van der Waals surface area (Å²) in [6, 6.07) is 10.2. The van der Waals surface area contributed by atoms with Gasteiger partial charge in [0.05, 0.1) is 0 Å². The van der Waals surface area contributed by atoms with E-state index >= 15 is 0 Å². The summed E-state index contributed by atoms with van der Waals surface area (Å²) in [5.74, 6) is 1.11. The summed E-state index contributed by atoms with van der Waals surface area (Å²) in [4.78, 5) is 18.2. The van der Waals surface area contributed by atoms with Crippen molar-refractivity contribution in [3.8, 4) is 28.6 Å². The topological polar surface area (TPSA) is 121 Å². The molecule has 0 radical (unpaired) electrons. The van der Waals surface area contributed by atoms with Crippen molar-refractivity contribution in [2.45, 2.75) is 53.2 Å². The standard InChI is InChI=1S/C28H38N4O5/c1-6-8-32(5)15-20-9-18(3)10-23(12-20)28-30-27(31-37-28)22-11-19(4)26(21(7-2)13-22)36-17-24(34)14-29-25(35)16-33/h9-13,24,33-34H,6-8,14-17H2,1-5H3,(H,29,35)/t24-/m0/s1. The number of carbonyl (C=O) groups is 1. The molecular formula is C28H38N4O5. The number of rotatable bonds is 13. The molecule has 0 aliphatic heterocycles. The van der Waals surface area contributed by atoms with Gasteiger partial charge < -0.3 is 29.7 Å². The molecule has 0 aliphatic carbocycles. The van der Waals surface area contributed by atoms with Gasteiger partial charge in [-0.25, -0.2) is 0 Å². The molecule has 37 heavy (non-hydrogen) atoms. The molecule has 0 bridgehead atoms. The first-order chi connectivity index (χ1) is 17.7. The van der Waals surface area contributed by atoms with Crippen LogP contribution in [0.5, 0.6) is 5.75 Å². The molecule has 3 aromatic rings. The molecule has 9 nitrogen and oxygen atoms in total. The third-order valence-electron chi connectivity index (χ3n) is 5.96. The highest BCUT2D eigenvalue weighted by molar-refractivity contribution is 5.76. The molecule has 0 unspecified atom stereocenters. The van der Waals surface area contributed by atoms with Crippen LogP contribution in [0, 0.1) is 13.8 Å². The SMILES string of the molecule is CCCN(C)Cc1cc(C)cc(-c2nc(-c3cc(C)c(OC[C@@H](O)CNC(=O)CO)c(CC)c3)no2)c1. The number of amides is 1. The van der Waals surface area contributed by atoms with Crippen molar-refractivity contribution in [1.29, 1.82) is 0 Å². The Kier molecular flexibility index (Phi) is 10.2. The second-order valence-corrected chi connectivity index (χ2v) is 9.43. The van der Waals surface area contributed by atoms with E-state index in [1.807, 2.05) is 26.0 Å². The fourth-order valence-corrected chi connectivity index (χ4v) is 4.28. The monoisotopic (exact) mass is 510 g/mol. The van der Waals surface area contributed by atoms with Crippen molar-refractivity contribution < 1.29 is 24.3 Å². The zero-order valence-corrected chi connectivity index (χ0v) is 22.4. The van der Waals surface area contributed by atoms with E-state index in [-0.39, 0.29) is 13.2 Å². The maximum atomic E-state index is 11.2. The molecule has 1 amide bonds. The fraction of sp³-hybridized carbons (Fsp3) is 0.464. The smallest absolute Gasteiger partial charge is 0.258 e. The first-order valence-electron chi connectivity index (χ1n) is 12.7. The van der Waals surface area contributed by atoms with Crippen LogP contribution in [-0.2, 0) is 17.8 Å². The van der Waals surface area contributed by atoms with E-state index in [0.717, 1.165) is 47.3 Å². The Morgan fingerprint density at radius 3 is 2.65 bits per heavy atom. The van der Waals surface area contributed by atoms with Crippen molar-refractivity contribution in [2.24, 2.45) is 0 Å². The van der Waals surface area contributed by atoms with Crippen LogP contribution in [0.2, 0.25) is 0 Å². The molecule has 9 heteroatoms. The van der Waals surface area contributed by atoms with Crippen molar-refractivity contribution in [3.05, 3.63) is 52.6 Å². The first kappa shape index (κ1) is 28.3. The summed E-state index contributed by atoms with van der Waals surface area (Å²) in [6.07, 6.45) is 0.910. The Morgan fingerprint density at radius 1 is 1.16 bits per heavy atom. The molecular weight excluding hydrogens is 472 g/mol. The van der Waals surface area contributed by atoms with Crippen molar-refractivity contribution in [1.82, 2.24) is 20.4 Å². The van der Waals surface area contributed by atoms with Crippen molar-refractivity contribution in [3.63, 3.8) is 0 Å². The van der Waals surface area contributed by atoms with E-state index < -0.39 is 18.6 Å². The number of hydrogen-bond donors (Lipinski definition) is 3. The van der Waals surface area contributed by atoms with E-state index in [4.69, 9.17) is 14.4 Å². The Morgan fingerprint density at radius 2 is 1.95 bits per heavy atom. The average Bonchev–Trinajstić information content (AvgIpc) is 3.36. The second kappa shape index (κ2) is 13.3. The lowest BCUT2D eigenvalue weighted by Crippen LogP contribution is -2.36. The molecule has 0 saturated carbocycles. The Hall–Kier alpha value is -3.27. The van der Waals surface area contributed by atoms with Crippen LogP contribution in [0.1, 0.15) is 42.5 Å². The highest BCUT2D eigenvalue weighted by atomic mass is 16.5. The molecule has 0 spiro atoms. The van der Waals surface area contributed by atoms with E-state index in [9.17, 15) is 9.90 Å². The van der Waals surface area contributed by atoms with Crippen LogP contribution >= 0.6 is 0 Å². The summed E-state index contributed by atoms with van der Waals surface area (Å²) in [5.41, 5.74) is 5.89. The number of nitrogens with one attached hydrogen (secondary N) is 1. The zero-order valence-electron chi connectivity index (χ0n) is 22.4. The van der Waals surface area contributed by atoms with Crippen LogP contribution < -0.4 is 10.1 Å². The third-order valence-corrected chi connectivity index (χ3v) is 5.96. The summed E-state index contributed by atoms with van der Waals surface area (Å²) >= 11 is 0. The molecule has 3 rings (SSSR count). The second-order valence-electron chi connectivity index (χ2n) is 9.43. The van der Waals surface area contributed by atoms with Gasteiger partial charge >= 0.3 is 0 Å². The minimum atomic E-state index is -0.903. The highest BCUT2D eigenvalue weighted by Crippen LogP contribution is 2.31. The predicted molar refractivity (Wildman–Crippen MR) is 142 cm³/mol. The maximum absolute atomic E-state index is 11.2. The first-order valence-corrected chi connectivity index (χ1v) is 12.7. The Labute approximate surface area is 218 Å². The summed E-state index contributed by atoms with van der Waals surface area (Å²) < 4.78 is 11.5. The number of carbonyl (C=O) groups excluding carboxylic acids is 1. The fourth-order valence-electron chi connectivity index (χ4n) is 4.28. The number of aryl methyl sites for hydroxylation is 3. The lowest BCUT2D eigenvalue weighted by molar-refractivity contribution is -0.124. The van der Waals surface area contributed by atoms with Crippen LogP contribution in [0.3, 0.4) is 0 Å². The van der Waals surface area contributed by atoms with Crippen molar-refractivity contribution >= 4 is 5.91 Å². The molecule has 1 aromatic heterocycles.